The summed E-state index contributed by atoms with van der Waals surface area (Å²) in [5.41, 5.74) is 2.27. The summed E-state index contributed by atoms with van der Waals surface area (Å²) in [6.45, 7) is 6.26. The van der Waals surface area contributed by atoms with Crippen LogP contribution in [0.2, 0.25) is 0 Å². The van der Waals surface area contributed by atoms with Crippen molar-refractivity contribution < 1.29 is 17.7 Å². The Labute approximate surface area is 194 Å². The average molecular weight is 459 g/mol. The molecule has 0 aliphatic carbocycles. The number of hydrogen-bond acceptors (Lipinski definition) is 3. The first kappa shape index (κ1) is 25.0. The average Bonchev–Trinajstić information content (AvgIpc) is 3.30. The number of alkyl halides is 3. The number of unbranched alkanes of at least 4 members (excludes halogenated alkanes) is 2. The second-order valence-corrected chi connectivity index (χ2v) is 8.79. The quantitative estimate of drug-likeness (QED) is 0.291. The van der Waals surface area contributed by atoms with Gasteiger partial charge >= 0.3 is 6.18 Å². The number of rotatable bonds is 11. The molecule has 1 atom stereocenters. The molecular formula is C27H33F3N2O. The van der Waals surface area contributed by atoms with Gasteiger partial charge in [-0.1, -0.05) is 81.6 Å². The maximum absolute atomic E-state index is 13.8. The first-order valence-electron chi connectivity index (χ1n) is 11.9. The van der Waals surface area contributed by atoms with Gasteiger partial charge in [-0.25, -0.2) is 0 Å². The number of hydrogen-bond donors (Lipinski definition) is 0. The topological polar surface area (TPSA) is 38.9 Å². The lowest BCUT2D eigenvalue weighted by Crippen LogP contribution is -2.10. The molecule has 0 aliphatic rings. The van der Waals surface area contributed by atoms with Crippen molar-refractivity contribution in [3.05, 3.63) is 70.6 Å². The Hall–Kier alpha value is -2.63. The summed E-state index contributed by atoms with van der Waals surface area (Å²) in [7, 11) is 0. The maximum atomic E-state index is 13.8. The van der Waals surface area contributed by atoms with Gasteiger partial charge in [0.25, 0.3) is 0 Å². The molecule has 3 nitrogen and oxygen atoms in total. The van der Waals surface area contributed by atoms with E-state index in [0.717, 1.165) is 50.2 Å². The highest BCUT2D eigenvalue weighted by Gasteiger charge is 2.34. The normalized spacial score (nSPS) is 12.8. The van der Waals surface area contributed by atoms with Crippen molar-refractivity contribution in [1.29, 1.82) is 0 Å². The third kappa shape index (κ3) is 6.92. The lowest BCUT2D eigenvalue weighted by molar-refractivity contribution is -0.138. The molecule has 0 saturated carbocycles. The predicted molar refractivity (Wildman–Crippen MR) is 125 cm³/mol. The minimum Gasteiger partial charge on any atom is -0.339 e. The van der Waals surface area contributed by atoms with Gasteiger partial charge in [0.2, 0.25) is 11.7 Å². The third-order valence-corrected chi connectivity index (χ3v) is 6.05. The van der Waals surface area contributed by atoms with Crippen molar-refractivity contribution in [3.63, 3.8) is 0 Å². The molecule has 0 amide bonds. The highest BCUT2D eigenvalue weighted by atomic mass is 19.4. The summed E-state index contributed by atoms with van der Waals surface area (Å²) in [5, 5.41) is 3.94. The summed E-state index contributed by atoms with van der Waals surface area (Å²) in [5.74, 6) is 0.757. The first-order valence-corrected chi connectivity index (χ1v) is 11.9. The molecule has 1 aromatic heterocycles. The zero-order valence-corrected chi connectivity index (χ0v) is 19.7. The van der Waals surface area contributed by atoms with Crippen LogP contribution in [0.5, 0.6) is 0 Å². The smallest absolute Gasteiger partial charge is 0.339 e. The largest absolute Gasteiger partial charge is 0.416 e. The van der Waals surface area contributed by atoms with Crippen LogP contribution in [-0.2, 0) is 25.4 Å². The molecule has 0 N–H and O–H groups in total. The van der Waals surface area contributed by atoms with Gasteiger partial charge in [0.15, 0.2) is 0 Å². The minimum absolute atomic E-state index is 0.0842. The molecule has 0 spiro atoms. The van der Waals surface area contributed by atoms with E-state index >= 15 is 0 Å². The van der Waals surface area contributed by atoms with Crippen molar-refractivity contribution in [2.24, 2.45) is 0 Å². The van der Waals surface area contributed by atoms with E-state index in [0.29, 0.717) is 24.3 Å². The van der Waals surface area contributed by atoms with E-state index in [2.05, 4.69) is 36.1 Å². The van der Waals surface area contributed by atoms with Crippen LogP contribution < -0.4 is 0 Å². The van der Waals surface area contributed by atoms with Crippen LogP contribution in [0, 0.1) is 0 Å². The Bertz CT molecular complexity index is 1010. The molecule has 0 bridgehead atoms. The molecule has 3 aromatic rings. The lowest BCUT2D eigenvalue weighted by atomic mass is 9.96. The van der Waals surface area contributed by atoms with E-state index in [1.165, 1.54) is 5.56 Å². The highest BCUT2D eigenvalue weighted by molar-refractivity contribution is 5.57. The summed E-state index contributed by atoms with van der Waals surface area (Å²) >= 11 is 0. The number of benzene rings is 2. The molecule has 0 fully saturated rings. The zero-order valence-electron chi connectivity index (χ0n) is 19.7. The van der Waals surface area contributed by atoms with Gasteiger partial charge in [0.1, 0.15) is 0 Å². The molecular weight excluding hydrogens is 425 g/mol. The van der Waals surface area contributed by atoms with Crippen molar-refractivity contribution in [2.75, 3.05) is 0 Å². The third-order valence-electron chi connectivity index (χ3n) is 6.05. The van der Waals surface area contributed by atoms with Crippen LogP contribution in [0.25, 0.3) is 11.4 Å². The molecule has 1 heterocycles. The molecule has 3 rings (SSSR count). The van der Waals surface area contributed by atoms with E-state index in [1.807, 2.05) is 19.1 Å². The van der Waals surface area contributed by atoms with Crippen LogP contribution in [-0.4, -0.2) is 10.1 Å². The van der Waals surface area contributed by atoms with Gasteiger partial charge < -0.3 is 4.52 Å². The van der Waals surface area contributed by atoms with Gasteiger partial charge in [0.05, 0.1) is 5.56 Å². The first-order chi connectivity index (χ1) is 15.8. The Balaban J connectivity index is 1.75. The number of halogens is 3. The molecule has 6 heteroatoms. The van der Waals surface area contributed by atoms with Gasteiger partial charge in [0, 0.05) is 11.5 Å². The second-order valence-electron chi connectivity index (χ2n) is 8.79. The molecule has 0 saturated heterocycles. The number of aromatic nitrogens is 2. The van der Waals surface area contributed by atoms with Gasteiger partial charge in [-0.3, -0.25) is 0 Å². The van der Waals surface area contributed by atoms with Crippen LogP contribution in [0.3, 0.4) is 0 Å². The molecule has 0 unspecified atom stereocenters. The van der Waals surface area contributed by atoms with Gasteiger partial charge in [-0.2, -0.15) is 18.2 Å². The minimum atomic E-state index is -4.45. The lowest BCUT2D eigenvalue weighted by Gasteiger charge is -2.14. The maximum Gasteiger partial charge on any atom is 0.416 e. The van der Waals surface area contributed by atoms with Crippen molar-refractivity contribution in [2.45, 2.75) is 84.2 Å². The van der Waals surface area contributed by atoms with E-state index in [9.17, 15) is 13.2 Å². The Morgan fingerprint density at radius 2 is 1.55 bits per heavy atom. The van der Waals surface area contributed by atoms with E-state index in [1.54, 1.807) is 12.1 Å². The Morgan fingerprint density at radius 3 is 2.18 bits per heavy atom. The fourth-order valence-electron chi connectivity index (χ4n) is 3.92. The fraction of sp³-hybridized carbons (Fsp3) is 0.481. The van der Waals surface area contributed by atoms with Crippen molar-refractivity contribution >= 4 is 0 Å². The Kier molecular flexibility index (Phi) is 8.70. The highest BCUT2D eigenvalue weighted by Crippen LogP contribution is 2.35. The van der Waals surface area contributed by atoms with E-state index in [-0.39, 0.29) is 17.3 Å². The molecule has 0 aliphatic heterocycles. The SMILES string of the molecule is CCCCc1ccc(CCc2ccc(-c3noc([C@@H](C)CCCC)n3)cc2C(F)(F)F)cc1. The molecule has 0 radical (unpaired) electrons. The monoisotopic (exact) mass is 458 g/mol. The number of nitrogens with zero attached hydrogens (tertiary/aromatic N) is 2. The van der Waals surface area contributed by atoms with Gasteiger partial charge in [-0.05, 0) is 54.9 Å². The van der Waals surface area contributed by atoms with Crippen LogP contribution in [0.1, 0.15) is 86.9 Å². The van der Waals surface area contributed by atoms with E-state index in [4.69, 9.17) is 4.52 Å². The predicted octanol–water partition coefficient (Wildman–Crippen LogP) is 8.18. The summed E-state index contributed by atoms with van der Waals surface area (Å²) < 4.78 is 46.9. The second kappa shape index (κ2) is 11.5. The Morgan fingerprint density at radius 1 is 0.879 bits per heavy atom. The van der Waals surface area contributed by atoms with Crippen LogP contribution in [0.15, 0.2) is 47.0 Å². The van der Waals surface area contributed by atoms with Crippen LogP contribution in [0.4, 0.5) is 13.2 Å². The molecule has 178 valence electrons. The summed E-state index contributed by atoms with van der Waals surface area (Å²) in [6, 6.07) is 12.5. The zero-order chi connectivity index (χ0) is 23.8. The van der Waals surface area contributed by atoms with Gasteiger partial charge in [-0.15, -0.1) is 0 Å². The molecule has 2 aromatic carbocycles. The van der Waals surface area contributed by atoms with Crippen molar-refractivity contribution in [3.8, 4) is 11.4 Å². The summed E-state index contributed by atoms with van der Waals surface area (Å²) in [4.78, 5) is 4.36. The number of aryl methyl sites for hydroxylation is 3. The van der Waals surface area contributed by atoms with Crippen molar-refractivity contribution in [1.82, 2.24) is 10.1 Å². The standard InChI is InChI=1S/C27H33F3N2O/c1-4-6-8-19(3)26-31-25(32-33-26)23-17-16-22(24(18-23)27(28,29)30)15-14-21-12-10-20(11-13-21)9-7-5-2/h10-13,16-19H,4-9,14-15H2,1-3H3/t19-/m0/s1. The van der Waals surface area contributed by atoms with E-state index < -0.39 is 11.7 Å². The molecule has 33 heavy (non-hydrogen) atoms. The summed E-state index contributed by atoms with van der Waals surface area (Å²) in [6.07, 6.45) is 2.73. The fourth-order valence-corrected chi connectivity index (χ4v) is 3.92. The van der Waals surface area contributed by atoms with Crippen LogP contribution >= 0.6 is 0 Å².